The first-order valence-corrected chi connectivity index (χ1v) is 7.55. The molecule has 1 aliphatic rings. The van der Waals surface area contributed by atoms with Crippen LogP contribution in [0.5, 0.6) is 0 Å². The molecule has 1 saturated heterocycles. The SMILES string of the molecule is CCCNC(c1ccc(C)c(C)c1)C1OCCC1C. The molecule has 1 aromatic carbocycles. The van der Waals surface area contributed by atoms with Crippen molar-refractivity contribution in [2.45, 2.75) is 52.7 Å². The maximum absolute atomic E-state index is 5.99. The summed E-state index contributed by atoms with van der Waals surface area (Å²) in [4.78, 5) is 0. The molecule has 0 spiro atoms. The Balaban J connectivity index is 2.22. The number of benzene rings is 1. The average Bonchev–Trinajstić information content (AvgIpc) is 2.80. The molecular formula is C17H27NO. The topological polar surface area (TPSA) is 21.3 Å². The van der Waals surface area contributed by atoms with Gasteiger partial charge in [-0.3, -0.25) is 0 Å². The van der Waals surface area contributed by atoms with Crippen molar-refractivity contribution in [1.29, 1.82) is 0 Å². The van der Waals surface area contributed by atoms with Crippen LogP contribution >= 0.6 is 0 Å². The summed E-state index contributed by atoms with van der Waals surface area (Å²) in [6.45, 7) is 10.8. The van der Waals surface area contributed by atoms with E-state index in [9.17, 15) is 0 Å². The fraction of sp³-hybridized carbons (Fsp3) is 0.647. The lowest BCUT2D eigenvalue weighted by atomic mass is 9.91. The van der Waals surface area contributed by atoms with E-state index in [-0.39, 0.29) is 0 Å². The first-order valence-electron chi connectivity index (χ1n) is 7.55. The van der Waals surface area contributed by atoms with Gasteiger partial charge in [-0.05, 0) is 55.8 Å². The Morgan fingerprint density at radius 3 is 2.68 bits per heavy atom. The molecule has 0 saturated carbocycles. The summed E-state index contributed by atoms with van der Waals surface area (Å²) in [5.41, 5.74) is 4.10. The molecule has 1 aromatic rings. The Kier molecular flexibility index (Phi) is 5.00. The van der Waals surface area contributed by atoms with Gasteiger partial charge < -0.3 is 10.1 Å². The molecule has 1 fully saturated rings. The highest BCUT2D eigenvalue weighted by atomic mass is 16.5. The number of hydrogen-bond acceptors (Lipinski definition) is 2. The van der Waals surface area contributed by atoms with E-state index in [2.05, 4.69) is 51.2 Å². The smallest absolute Gasteiger partial charge is 0.0795 e. The van der Waals surface area contributed by atoms with E-state index in [1.165, 1.54) is 23.1 Å². The van der Waals surface area contributed by atoms with E-state index in [4.69, 9.17) is 4.74 Å². The molecule has 2 rings (SSSR count). The summed E-state index contributed by atoms with van der Waals surface area (Å²) in [6, 6.07) is 7.13. The number of hydrogen-bond donors (Lipinski definition) is 1. The zero-order valence-corrected chi connectivity index (χ0v) is 12.7. The van der Waals surface area contributed by atoms with Gasteiger partial charge in [0.05, 0.1) is 12.1 Å². The Morgan fingerprint density at radius 2 is 2.11 bits per heavy atom. The molecule has 2 heteroatoms. The molecule has 1 heterocycles. The molecule has 2 nitrogen and oxygen atoms in total. The normalized spacial score (nSPS) is 24.6. The second kappa shape index (κ2) is 6.53. The lowest BCUT2D eigenvalue weighted by Crippen LogP contribution is -2.35. The minimum Gasteiger partial charge on any atom is -0.376 e. The summed E-state index contributed by atoms with van der Waals surface area (Å²) in [5, 5.41) is 3.68. The lowest BCUT2D eigenvalue weighted by molar-refractivity contribution is 0.0607. The van der Waals surface area contributed by atoms with Gasteiger partial charge in [0.25, 0.3) is 0 Å². The van der Waals surface area contributed by atoms with Gasteiger partial charge in [0.15, 0.2) is 0 Å². The van der Waals surface area contributed by atoms with Crippen LogP contribution in [0.4, 0.5) is 0 Å². The second-order valence-corrected chi connectivity index (χ2v) is 5.88. The van der Waals surface area contributed by atoms with E-state index in [1.54, 1.807) is 0 Å². The fourth-order valence-corrected chi connectivity index (χ4v) is 2.82. The summed E-state index contributed by atoms with van der Waals surface area (Å²) < 4.78 is 5.99. The number of aryl methyl sites for hydroxylation is 2. The largest absolute Gasteiger partial charge is 0.376 e. The summed E-state index contributed by atoms with van der Waals surface area (Å²) in [5.74, 6) is 0.635. The Hall–Kier alpha value is -0.860. The Labute approximate surface area is 117 Å². The van der Waals surface area contributed by atoms with Gasteiger partial charge in [-0.15, -0.1) is 0 Å². The third-order valence-corrected chi connectivity index (χ3v) is 4.28. The molecule has 19 heavy (non-hydrogen) atoms. The van der Waals surface area contributed by atoms with E-state index < -0.39 is 0 Å². The summed E-state index contributed by atoms with van der Waals surface area (Å²) in [6.07, 6.45) is 2.65. The van der Waals surface area contributed by atoms with Crippen molar-refractivity contribution >= 4 is 0 Å². The average molecular weight is 261 g/mol. The van der Waals surface area contributed by atoms with Crippen molar-refractivity contribution in [2.75, 3.05) is 13.2 Å². The lowest BCUT2D eigenvalue weighted by Gasteiger charge is -2.28. The van der Waals surface area contributed by atoms with E-state index in [0.717, 1.165) is 19.6 Å². The van der Waals surface area contributed by atoms with Crippen LogP contribution < -0.4 is 5.32 Å². The molecule has 0 amide bonds. The van der Waals surface area contributed by atoms with E-state index >= 15 is 0 Å². The van der Waals surface area contributed by atoms with Gasteiger partial charge in [-0.1, -0.05) is 32.0 Å². The third kappa shape index (κ3) is 3.37. The predicted molar refractivity (Wildman–Crippen MR) is 80.5 cm³/mol. The van der Waals surface area contributed by atoms with Gasteiger partial charge in [0.1, 0.15) is 0 Å². The fourth-order valence-electron chi connectivity index (χ4n) is 2.82. The molecule has 1 N–H and O–H groups in total. The van der Waals surface area contributed by atoms with E-state index in [0.29, 0.717) is 18.1 Å². The third-order valence-electron chi connectivity index (χ3n) is 4.28. The molecule has 0 aromatic heterocycles. The molecule has 3 unspecified atom stereocenters. The van der Waals surface area contributed by atoms with Crippen molar-refractivity contribution < 1.29 is 4.74 Å². The van der Waals surface area contributed by atoms with Crippen LogP contribution in [0, 0.1) is 19.8 Å². The van der Waals surface area contributed by atoms with Crippen molar-refractivity contribution in [3.8, 4) is 0 Å². The van der Waals surface area contributed by atoms with Crippen LogP contribution in [0.3, 0.4) is 0 Å². The molecular weight excluding hydrogens is 234 g/mol. The number of nitrogens with one attached hydrogen (secondary N) is 1. The standard InChI is InChI=1S/C17H27NO/c1-5-9-18-16(17-13(3)8-10-19-17)15-7-6-12(2)14(4)11-15/h6-7,11,13,16-18H,5,8-10H2,1-4H3. The zero-order valence-electron chi connectivity index (χ0n) is 12.7. The zero-order chi connectivity index (χ0) is 13.8. The highest BCUT2D eigenvalue weighted by Gasteiger charge is 2.32. The highest BCUT2D eigenvalue weighted by Crippen LogP contribution is 2.32. The summed E-state index contributed by atoms with van der Waals surface area (Å²) >= 11 is 0. The molecule has 0 bridgehead atoms. The van der Waals surface area contributed by atoms with Crippen LogP contribution in [-0.4, -0.2) is 19.3 Å². The molecule has 0 radical (unpaired) electrons. The summed E-state index contributed by atoms with van der Waals surface area (Å²) in [7, 11) is 0. The van der Waals surface area contributed by atoms with Crippen LogP contribution in [0.2, 0.25) is 0 Å². The van der Waals surface area contributed by atoms with Crippen LogP contribution in [0.1, 0.15) is 49.4 Å². The molecule has 3 atom stereocenters. The Bertz CT molecular complexity index is 416. The maximum Gasteiger partial charge on any atom is 0.0795 e. The maximum atomic E-state index is 5.99. The first-order chi connectivity index (χ1) is 9.13. The molecule has 0 aliphatic carbocycles. The second-order valence-electron chi connectivity index (χ2n) is 5.88. The first kappa shape index (κ1) is 14.5. The monoisotopic (exact) mass is 261 g/mol. The van der Waals surface area contributed by atoms with Gasteiger partial charge in [-0.2, -0.15) is 0 Å². The van der Waals surface area contributed by atoms with Crippen LogP contribution in [-0.2, 0) is 4.74 Å². The van der Waals surface area contributed by atoms with Crippen LogP contribution in [0.15, 0.2) is 18.2 Å². The van der Waals surface area contributed by atoms with Crippen LogP contribution in [0.25, 0.3) is 0 Å². The minimum absolute atomic E-state index is 0.314. The van der Waals surface area contributed by atoms with Crippen molar-refractivity contribution in [1.82, 2.24) is 5.32 Å². The van der Waals surface area contributed by atoms with Crippen molar-refractivity contribution in [3.63, 3.8) is 0 Å². The van der Waals surface area contributed by atoms with Gasteiger partial charge in [-0.25, -0.2) is 0 Å². The molecule has 1 aliphatic heterocycles. The number of rotatable bonds is 5. The Morgan fingerprint density at radius 1 is 1.32 bits per heavy atom. The van der Waals surface area contributed by atoms with Gasteiger partial charge >= 0.3 is 0 Å². The van der Waals surface area contributed by atoms with E-state index in [1.807, 2.05) is 0 Å². The minimum atomic E-state index is 0.314. The number of ether oxygens (including phenoxy) is 1. The van der Waals surface area contributed by atoms with Gasteiger partial charge in [0, 0.05) is 6.61 Å². The quantitative estimate of drug-likeness (QED) is 0.871. The van der Waals surface area contributed by atoms with Crippen molar-refractivity contribution in [3.05, 3.63) is 34.9 Å². The highest BCUT2D eigenvalue weighted by molar-refractivity contribution is 5.32. The predicted octanol–water partition coefficient (Wildman–Crippen LogP) is 3.77. The molecule has 106 valence electrons. The van der Waals surface area contributed by atoms with Gasteiger partial charge in [0.2, 0.25) is 0 Å². The van der Waals surface area contributed by atoms with Crippen molar-refractivity contribution in [2.24, 2.45) is 5.92 Å².